The number of nitrogens with one attached hydrogen (secondary N) is 1. The summed E-state index contributed by atoms with van der Waals surface area (Å²) in [6.45, 7) is 0. The number of aliphatic hydroxyl groups is 1. The van der Waals surface area contributed by atoms with E-state index in [1.807, 2.05) is 6.08 Å². The third-order valence-corrected chi connectivity index (χ3v) is 6.00. The minimum atomic E-state index is -3.83. The fourth-order valence-corrected chi connectivity index (χ4v) is 4.70. The van der Waals surface area contributed by atoms with Gasteiger partial charge in [0.15, 0.2) is 5.84 Å². The number of hydrogen-bond acceptors (Lipinski definition) is 7. The van der Waals surface area contributed by atoms with Crippen molar-refractivity contribution >= 4 is 33.3 Å². The smallest absolute Gasteiger partial charge is 0.286 e. The molecule has 3 heterocycles. The number of para-hydroxylation sites is 1. The number of amidine groups is 1. The average Bonchev–Trinajstić information content (AvgIpc) is 3.01. The maximum atomic E-state index is 12.3. The summed E-state index contributed by atoms with van der Waals surface area (Å²) in [5.41, 5.74) is 1.36. The number of hydrogen-bond donors (Lipinski definition) is 3. The number of nitrogens with zero attached hydrogens (tertiary/aromatic N) is 2. The zero-order valence-electron chi connectivity index (χ0n) is 11.7. The van der Waals surface area contributed by atoms with Gasteiger partial charge in [-0.05, 0) is 18.2 Å². The highest BCUT2D eigenvalue weighted by molar-refractivity contribution is 8.03. The van der Waals surface area contributed by atoms with Crippen LogP contribution >= 0.6 is 11.8 Å². The summed E-state index contributed by atoms with van der Waals surface area (Å²) in [5.74, 6) is 6.66. The molecule has 1 aromatic carbocycles. The molecule has 0 radical (unpaired) electrons. The normalized spacial score (nSPS) is 21.8. The average molecular weight is 348 g/mol. The molecule has 0 spiro atoms. The summed E-state index contributed by atoms with van der Waals surface area (Å²) >= 11 is 1.43. The van der Waals surface area contributed by atoms with Gasteiger partial charge in [0.25, 0.3) is 10.0 Å². The van der Waals surface area contributed by atoms with Gasteiger partial charge < -0.3 is 10.4 Å². The molecule has 0 aromatic heterocycles. The Kier molecular flexibility index (Phi) is 3.05. The van der Waals surface area contributed by atoms with Crippen molar-refractivity contribution in [2.24, 2.45) is 10.2 Å². The minimum Gasteiger partial charge on any atom is -0.506 e. The monoisotopic (exact) mass is 348 g/mol. The van der Waals surface area contributed by atoms with Crippen molar-refractivity contribution in [2.75, 3.05) is 11.1 Å². The molecule has 3 aliphatic heterocycles. The molecule has 0 saturated carbocycles. The van der Waals surface area contributed by atoms with E-state index >= 15 is 0 Å². The van der Waals surface area contributed by atoms with E-state index in [4.69, 9.17) is 5.84 Å². The van der Waals surface area contributed by atoms with Gasteiger partial charge in [0.05, 0.1) is 21.9 Å². The van der Waals surface area contributed by atoms with Crippen LogP contribution in [0.5, 0.6) is 0 Å². The molecular formula is C14H12N4O3S2. The predicted octanol–water partition coefficient (Wildman–Crippen LogP) is 1.67. The van der Waals surface area contributed by atoms with Crippen LogP contribution in [0.4, 0.5) is 5.69 Å². The predicted molar refractivity (Wildman–Crippen MR) is 89.0 cm³/mol. The second-order valence-corrected chi connectivity index (χ2v) is 7.67. The molecule has 7 nitrogen and oxygen atoms in total. The first-order valence-corrected chi connectivity index (χ1v) is 9.14. The molecule has 0 unspecified atom stereocenters. The molecule has 0 bridgehead atoms. The van der Waals surface area contributed by atoms with E-state index in [1.54, 1.807) is 18.2 Å². The van der Waals surface area contributed by atoms with Crippen LogP contribution in [-0.2, 0) is 10.0 Å². The molecule has 23 heavy (non-hydrogen) atoms. The zero-order chi connectivity index (χ0) is 16.2. The van der Waals surface area contributed by atoms with Crippen molar-refractivity contribution in [3.05, 3.63) is 58.5 Å². The van der Waals surface area contributed by atoms with E-state index in [0.29, 0.717) is 22.0 Å². The number of thioether (sulfide) groups is 1. The van der Waals surface area contributed by atoms with Gasteiger partial charge in [-0.2, -0.15) is 8.42 Å². The molecule has 0 saturated heterocycles. The van der Waals surface area contributed by atoms with Crippen molar-refractivity contribution < 1.29 is 13.5 Å². The quantitative estimate of drug-likeness (QED) is 0.663. The van der Waals surface area contributed by atoms with Crippen LogP contribution in [0.3, 0.4) is 0 Å². The van der Waals surface area contributed by atoms with Crippen LogP contribution < -0.4 is 11.2 Å². The van der Waals surface area contributed by atoms with E-state index in [9.17, 15) is 13.5 Å². The molecule has 0 fully saturated rings. The van der Waals surface area contributed by atoms with Crippen LogP contribution in [0.1, 0.15) is 0 Å². The minimum absolute atomic E-state index is 0.0266. The summed E-state index contributed by atoms with van der Waals surface area (Å²) in [6, 6.07) is 6.48. The molecule has 0 amide bonds. The summed E-state index contributed by atoms with van der Waals surface area (Å²) in [6.07, 6.45) is 3.36. The number of benzene rings is 1. The number of sulfonamides is 1. The molecule has 4 rings (SSSR count). The number of nitrogens with two attached hydrogens (primary N) is 1. The van der Waals surface area contributed by atoms with Crippen LogP contribution in [0.2, 0.25) is 0 Å². The van der Waals surface area contributed by atoms with Gasteiger partial charge in [-0.15, -0.1) is 16.2 Å². The number of rotatable bonds is 1. The lowest BCUT2D eigenvalue weighted by atomic mass is 10.1. The summed E-state index contributed by atoms with van der Waals surface area (Å²) in [5, 5.41) is 14.8. The highest BCUT2D eigenvalue weighted by atomic mass is 32.2. The van der Waals surface area contributed by atoms with E-state index in [2.05, 4.69) is 9.71 Å². The van der Waals surface area contributed by atoms with Gasteiger partial charge in [0.2, 0.25) is 0 Å². The second-order valence-electron chi connectivity index (χ2n) is 5.06. The standard InChI is InChI=1S/C14H12N4O3S2/c15-18-7-8(12(19)13-10(18)5-6-22-13)14-16-9-3-1-2-4-11(9)23(20,21)17-14/h1-5,7,19H,6,15H2,(H,16,17). The van der Waals surface area contributed by atoms with Crippen LogP contribution in [0.25, 0.3) is 0 Å². The fraction of sp³-hybridized carbons (Fsp3) is 0.0714. The Morgan fingerprint density at radius 2 is 2.13 bits per heavy atom. The Morgan fingerprint density at radius 1 is 1.35 bits per heavy atom. The lowest BCUT2D eigenvalue weighted by Gasteiger charge is -2.27. The molecule has 0 atom stereocenters. The summed E-state index contributed by atoms with van der Waals surface area (Å²) in [4.78, 5) is 0.721. The van der Waals surface area contributed by atoms with Gasteiger partial charge in [0.1, 0.15) is 10.7 Å². The summed E-state index contributed by atoms with van der Waals surface area (Å²) in [7, 11) is -3.83. The lowest BCUT2D eigenvalue weighted by molar-refractivity contribution is 0.403. The fourth-order valence-electron chi connectivity index (χ4n) is 2.58. The third kappa shape index (κ3) is 2.16. The highest BCUT2D eigenvalue weighted by Crippen LogP contribution is 2.40. The molecule has 1 aromatic rings. The van der Waals surface area contributed by atoms with Crippen molar-refractivity contribution in [1.82, 2.24) is 5.01 Å². The Morgan fingerprint density at radius 3 is 2.96 bits per heavy atom. The largest absolute Gasteiger partial charge is 0.506 e. The van der Waals surface area contributed by atoms with E-state index in [0.717, 1.165) is 0 Å². The van der Waals surface area contributed by atoms with Crippen molar-refractivity contribution in [1.29, 1.82) is 0 Å². The van der Waals surface area contributed by atoms with Gasteiger partial charge in [-0.1, -0.05) is 12.1 Å². The lowest BCUT2D eigenvalue weighted by Crippen LogP contribution is -2.32. The molecular weight excluding hydrogens is 336 g/mol. The number of fused-ring (bicyclic) bond motifs is 2. The Bertz CT molecular complexity index is 945. The second kappa shape index (κ2) is 4.88. The Hall–Kier alpha value is -2.23. The van der Waals surface area contributed by atoms with Crippen molar-refractivity contribution in [3.8, 4) is 0 Å². The van der Waals surface area contributed by atoms with Crippen LogP contribution in [0.15, 0.2) is 67.8 Å². The Labute approximate surface area is 136 Å². The molecule has 118 valence electrons. The maximum absolute atomic E-state index is 12.3. The third-order valence-electron chi connectivity index (χ3n) is 3.64. The van der Waals surface area contributed by atoms with Gasteiger partial charge in [0, 0.05) is 12.0 Å². The molecule has 0 aliphatic carbocycles. The molecule has 3 aliphatic rings. The van der Waals surface area contributed by atoms with Crippen LogP contribution in [-0.4, -0.2) is 30.1 Å². The van der Waals surface area contributed by atoms with Crippen LogP contribution in [0, 0.1) is 0 Å². The SMILES string of the molecule is NN1C=C(C2=NS(=O)(=O)c3ccccc3N2)C(O)=C2SCC=C21. The zero-order valence-corrected chi connectivity index (χ0v) is 13.4. The van der Waals surface area contributed by atoms with E-state index in [-0.39, 0.29) is 22.1 Å². The maximum Gasteiger partial charge on any atom is 0.286 e. The van der Waals surface area contributed by atoms with Gasteiger partial charge in [-0.25, -0.2) is 5.84 Å². The molecule has 9 heteroatoms. The first kappa shape index (κ1) is 14.4. The van der Waals surface area contributed by atoms with Gasteiger partial charge in [-0.3, -0.25) is 5.01 Å². The van der Waals surface area contributed by atoms with Crippen molar-refractivity contribution in [3.63, 3.8) is 0 Å². The number of anilines is 1. The van der Waals surface area contributed by atoms with E-state index < -0.39 is 10.0 Å². The first-order chi connectivity index (χ1) is 11.0. The number of hydrazine groups is 1. The number of aliphatic hydroxyl groups excluding tert-OH is 1. The van der Waals surface area contributed by atoms with Crippen molar-refractivity contribution in [2.45, 2.75) is 4.90 Å². The molecule has 4 N–H and O–H groups in total. The summed E-state index contributed by atoms with van der Waals surface area (Å²) < 4.78 is 28.4. The highest BCUT2D eigenvalue weighted by Gasteiger charge is 2.33. The first-order valence-electron chi connectivity index (χ1n) is 6.71. The van der Waals surface area contributed by atoms with E-state index in [1.165, 1.54) is 29.0 Å². The Balaban J connectivity index is 1.84. The topological polar surface area (TPSA) is 108 Å². The van der Waals surface area contributed by atoms with Gasteiger partial charge >= 0.3 is 0 Å².